The molecule has 0 fully saturated rings. The Morgan fingerprint density at radius 2 is 2.43 bits per heavy atom. The van der Waals surface area contributed by atoms with Crippen LogP contribution in [-0.2, 0) is 4.79 Å². The first kappa shape index (κ1) is 9.34. The van der Waals surface area contributed by atoms with Crippen molar-refractivity contribution in [2.75, 3.05) is 0 Å². The largest absolute Gasteiger partial charge is 0.303 e. The fraction of sp³-hybridized carbons (Fsp3) is 0.273. The van der Waals surface area contributed by atoms with Crippen LogP contribution in [0.5, 0.6) is 0 Å². The van der Waals surface area contributed by atoms with E-state index in [9.17, 15) is 4.79 Å². The summed E-state index contributed by atoms with van der Waals surface area (Å²) >= 11 is 1.50. The van der Waals surface area contributed by atoms with Crippen molar-refractivity contribution in [3.8, 4) is 0 Å². The van der Waals surface area contributed by atoms with E-state index in [0.717, 1.165) is 6.29 Å². The van der Waals surface area contributed by atoms with Gasteiger partial charge in [0.2, 0.25) is 0 Å². The molecule has 0 bridgehead atoms. The molecule has 0 aliphatic heterocycles. The molecule has 1 unspecified atom stereocenters. The van der Waals surface area contributed by atoms with E-state index in [1.165, 1.54) is 27.2 Å². The molecule has 0 aliphatic rings. The van der Waals surface area contributed by atoms with Gasteiger partial charge in [0.15, 0.2) is 0 Å². The highest BCUT2D eigenvalue weighted by molar-refractivity contribution is 7.13. The number of carbonyl (C=O) groups is 1. The van der Waals surface area contributed by atoms with Crippen LogP contribution in [0.25, 0.3) is 10.1 Å². The van der Waals surface area contributed by atoms with E-state index in [1.807, 2.05) is 12.3 Å². The number of fused-ring (bicyclic) bond motifs is 1. The summed E-state index contributed by atoms with van der Waals surface area (Å²) in [7, 11) is 0. The SMILES string of the molecule is CC(CC=O)c1cccc2cnsc12. The summed E-state index contributed by atoms with van der Waals surface area (Å²) in [5.74, 6) is 0.289. The molecule has 2 rings (SSSR count). The van der Waals surface area contributed by atoms with Crippen molar-refractivity contribution >= 4 is 27.9 Å². The second-order valence-electron chi connectivity index (χ2n) is 3.39. The van der Waals surface area contributed by atoms with Crippen LogP contribution in [-0.4, -0.2) is 10.7 Å². The van der Waals surface area contributed by atoms with Crippen molar-refractivity contribution in [2.45, 2.75) is 19.3 Å². The Morgan fingerprint density at radius 1 is 1.57 bits per heavy atom. The Balaban J connectivity index is 2.50. The fourth-order valence-corrected chi connectivity index (χ4v) is 2.45. The van der Waals surface area contributed by atoms with E-state index in [0.29, 0.717) is 6.42 Å². The van der Waals surface area contributed by atoms with Crippen LogP contribution >= 0.6 is 11.5 Å². The van der Waals surface area contributed by atoms with Crippen LogP contribution in [0.3, 0.4) is 0 Å². The molecule has 0 N–H and O–H groups in total. The maximum Gasteiger partial charge on any atom is 0.120 e. The molecule has 0 aliphatic carbocycles. The molecule has 0 spiro atoms. The Hall–Kier alpha value is -1.22. The zero-order valence-electron chi connectivity index (χ0n) is 7.93. The third-order valence-corrected chi connectivity index (χ3v) is 3.26. The van der Waals surface area contributed by atoms with E-state index in [2.05, 4.69) is 23.4 Å². The van der Waals surface area contributed by atoms with Crippen molar-refractivity contribution < 1.29 is 4.79 Å². The number of carbonyl (C=O) groups excluding carboxylic acids is 1. The summed E-state index contributed by atoms with van der Waals surface area (Å²) in [6.07, 6.45) is 3.43. The smallest absolute Gasteiger partial charge is 0.120 e. The van der Waals surface area contributed by atoms with Crippen LogP contribution in [0.2, 0.25) is 0 Å². The molecule has 1 aromatic heterocycles. The third kappa shape index (κ3) is 1.55. The van der Waals surface area contributed by atoms with E-state index >= 15 is 0 Å². The molecular formula is C11H11NOS. The van der Waals surface area contributed by atoms with Crippen LogP contribution in [0.1, 0.15) is 24.8 Å². The molecule has 3 heteroatoms. The van der Waals surface area contributed by atoms with Crippen LogP contribution in [0.15, 0.2) is 24.4 Å². The van der Waals surface area contributed by atoms with Crippen LogP contribution < -0.4 is 0 Å². The van der Waals surface area contributed by atoms with Gasteiger partial charge in [0, 0.05) is 18.0 Å². The fourth-order valence-electron chi connectivity index (χ4n) is 1.58. The zero-order valence-corrected chi connectivity index (χ0v) is 8.75. The standard InChI is InChI=1S/C11H11NOS/c1-8(5-6-13)10-4-2-3-9-7-12-14-11(9)10/h2-4,6-8H,5H2,1H3. The summed E-state index contributed by atoms with van der Waals surface area (Å²) in [5, 5.41) is 1.17. The van der Waals surface area contributed by atoms with Gasteiger partial charge in [-0.3, -0.25) is 0 Å². The highest BCUT2D eigenvalue weighted by Gasteiger charge is 2.09. The second-order valence-corrected chi connectivity index (χ2v) is 4.20. The van der Waals surface area contributed by atoms with Gasteiger partial charge < -0.3 is 4.79 Å². The molecule has 1 aromatic carbocycles. The van der Waals surface area contributed by atoms with Crippen molar-refractivity contribution in [1.29, 1.82) is 0 Å². The lowest BCUT2D eigenvalue weighted by Gasteiger charge is -2.08. The second kappa shape index (κ2) is 3.88. The minimum Gasteiger partial charge on any atom is -0.303 e. The first-order valence-electron chi connectivity index (χ1n) is 4.60. The van der Waals surface area contributed by atoms with E-state index in [1.54, 1.807) is 0 Å². The number of rotatable bonds is 3. The average molecular weight is 205 g/mol. The van der Waals surface area contributed by atoms with E-state index in [-0.39, 0.29) is 5.92 Å². The van der Waals surface area contributed by atoms with Gasteiger partial charge in [0.05, 0.1) is 4.70 Å². The van der Waals surface area contributed by atoms with Gasteiger partial charge in [0.25, 0.3) is 0 Å². The summed E-state index contributed by atoms with van der Waals surface area (Å²) in [5.41, 5.74) is 1.23. The molecule has 0 saturated carbocycles. The predicted octanol–water partition coefficient (Wildman–Crippen LogP) is 2.99. The normalized spacial score (nSPS) is 12.9. The van der Waals surface area contributed by atoms with E-state index in [4.69, 9.17) is 0 Å². The Bertz CT molecular complexity index is 449. The minimum absolute atomic E-state index is 0.289. The molecule has 0 radical (unpaired) electrons. The van der Waals surface area contributed by atoms with Crippen molar-refractivity contribution in [3.05, 3.63) is 30.0 Å². The van der Waals surface area contributed by atoms with Crippen LogP contribution in [0, 0.1) is 0 Å². The summed E-state index contributed by atoms with van der Waals surface area (Å²) in [6, 6.07) is 6.15. The number of benzene rings is 1. The van der Waals surface area contributed by atoms with Gasteiger partial charge in [-0.1, -0.05) is 25.1 Å². The maximum atomic E-state index is 10.5. The molecule has 1 heterocycles. The Kier molecular flexibility index (Phi) is 2.59. The molecule has 0 amide bonds. The first-order valence-corrected chi connectivity index (χ1v) is 5.37. The van der Waals surface area contributed by atoms with E-state index < -0.39 is 0 Å². The molecule has 2 aromatic rings. The quantitative estimate of drug-likeness (QED) is 0.721. The van der Waals surface area contributed by atoms with Gasteiger partial charge >= 0.3 is 0 Å². The third-order valence-electron chi connectivity index (χ3n) is 2.39. The summed E-state index contributed by atoms with van der Waals surface area (Å²) in [4.78, 5) is 10.5. The summed E-state index contributed by atoms with van der Waals surface area (Å²) < 4.78 is 5.37. The van der Waals surface area contributed by atoms with Gasteiger partial charge in [-0.05, 0) is 23.0 Å². The molecular weight excluding hydrogens is 194 g/mol. The van der Waals surface area contributed by atoms with Crippen molar-refractivity contribution in [2.24, 2.45) is 0 Å². The monoisotopic (exact) mass is 205 g/mol. The number of hydrogen-bond donors (Lipinski definition) is 0. The lowest BCUT2D eigenvalue weighted by Crippen LogP contribution is -1.93. The predicted molar refractivity (Wildman–Crippen MR) is 58.7 cm³/mol. The lowest BCUT2D eigenvalue weighted by molar-refractivity contribution is -0.108. The average Bonchev–Trinajstić information content (AvgIpc) is 2.65. The molecule has 14 heavy (non-hydrogen) atoms. The van der Waals surface area contributed by atoms with Crippen LogP contribution in [0.4, 0.5) is 0 Å². The van der Waals surface area contributed by atoms with Gasteiger partial charge in [-0.15, -0.1) is 0 Å². The Morgan fingerprint density at radius 3 is 3.21 bits per heavy atom. The molecule has 0 saturated heterocycles. The van der Waals surface area contributed by atoms with Gasteiger partial charge in [-0.25, -0.2) is 0 Å². The van der Waals surface area contributed by atoms with Gasteiger partial charge in [0.1, 0.15) is 6.29 Å². The topological polar surface area (TPSA) is 30.0 Å². The van der Waals surface area contributed by atoms with Gasteiger partial charge in [-0.2, -0.15) is 4.37 Å². The first-order chi connectivity index (χ1) is 6.83. The molecule has 1 atom stereocenters. The molecule has 72 valence electrons. The highest BCUT2D eigenvalue weighted by Crippen LogP contribution is 2.29. The summed E-state index contributed by atoms with van der Waals surface area (Å²) in [6.45, 7) is 2.07. The maximum absolute atomic E-state index is 10.5. The Labute approximate surface area is 86.7 Å². The highest BCUT2D eigenvalue weighted by atomic mass is 32.1. The lowest BCUT2D eigenvalue weighted by atomic mass is 9.98. The van der Waals surface area contributed by atoms with Crippen molar-refractivity contribution in [1.82, 2.24) is 4.37 Å². The zero-order chi connectivity index (χ0) is 9.97. The number of aromatic nitrogens is 1. The number of nitrogens with zero attached hydrogens (tertiary/aromatic N) is 1. The number of aldehydes is 1. The van der Waals surface area contributed by atoms with Crippen molar-refractivity contribution in [3.63, 3.8) is 0 Å². The number of hydrogen-bond acceptors (Lipinski definition) is 3. The molecule has 2 nitrogen and oxygen atoms in total. The minimum atomic E-state index is 0.289.